The van der Waals surface area contributed by atoms with Crippen molar-refractivity contribution in [1.82, 2.24) is 10.3 Å². The Kier molecular flexibility index (Phi) is 7.94. The summed E-state index contributed by atoms with van der Waals surface area (Å²) in [7, 11) is 3.76. The van der Waals surface area contributed by atoms with Crippen LogP contribution in [0.25, 0.3) is 0 Å². The number of nitrogens with one attached hydrogen (secondary N) is 4. The smallest absolute Gasteiger partial charge is 0.320 e. The summed E-state index contributed by atoms with van der Waals surface area (Å²) in [5.41, 5.74) is 5.59. The van der Waals surface area contributed by atoms with Crippen LogP contribution in [0, 0.1) is 0 Å². The molecule has 0 radical (unpaired) electrons. The van der Waals surface area contributed by atoms with Gasteiger partial charge in [-0.2, -0.15) is 0 Å². The normalized spacial score (nSPS) is 11.5. The topological polar surface area (TPSA) is 85.5 Å². The molecule has 4 N–H and O–H groups in total. The number of hydrazine groups is 1. The summed E-state index contributed by atoms with van der Waals surface area (Å²) < 4.78 is 0. The number of anilines is 3. The van der Waals surface area contributed by atoms with Crippen molar-refractivity contribution in [3.63, 3.8) is 0 Å². The van der Waals surface area contributed by atoms with Gasteiger partial charge in [0, 0.05) is 46.8 Å². The minimum absolute atomic E-state index is 0.366. The Hall–Kier alpha value is -3.26. The minimum atomic E-state index is -1.02. The Bertz CT molecular complexity index is 1070. The van der Waals surface area contributed by atoms with Crippen molar-refractivity contribution < 1.29 is 9.59 Å². The zero-order valence-electron chi connectivity index (χ0n) is 17.5. The van der Waals surface area contributed by atoms with Gasteiger partial charge >= 0.3 is 6.03 Å². The molecule has 0 aliphatic rings. The van der Waals surface area contributed by atoms with Gasteiger partial charge in [-0.1, -0.05) is 41.4 Å². The lowest BCUT2D eigenvalue weighted by atomic mass is 10.1. The molecule has 0 aromatic heterocycles. The first kappa shape index (κ1) is 23.4. The fourth-order valence-electron chi connectivity index (χ4n) is 2.93. The molecule has 166 valence electrons. The standard InChI is InChI=1S/C23H23Cl2N5O2/c1-30(2)29-18-13-11-16(12-14-18)26-22(31)21(19-5-3-4-6-20(19)25)28-23(32)27-17-9-7-15(24)8-10-17/h3-14,21,29H,1-2H3,(H,26,31)(H2,27,28,32). The summed E-state index contributed by atoms with van der Waals surface area (Å²) in [5.74, 6) is -0.433. The highest BCUT2D eigenvalue weighted by Crippen LogP contribution is 2.25. The summed E-state index contributed by atoms with van der Waals surface area (Å²) in [6, 6.07) is 19.1. The van der Waals surface area contributed by atoms with E-state index in [9.17, 15) is 9.59 Å². The third kappa shape index (κ3) is 6.62. The molecule has 0 bridgehead atoms. The summed E-state index contributed by atoms with van der Waals surface area (Å²) in [6.07, 6.45) is 0. The third-order valence-electron chi connectivity index (χ3n) is 4.36. The zero-order valence-corrected chi connectivity index (χ0v) is 19.0. The SMILES string of the molecule is CN(C)Nc1ccc(NC(=O)C(NC(=O)Nc2ccc(Cl)cc2)c2ccccc2Cl)cc1. The van der Waals surface area contributed by atoms with Crippen LogP contribution in [-0.2, 0) is 4.79 Å². The van der Waals surface area contributed by atoms with Crippen molar-refractivity contribution in [3.8, 4) is 0 Å². The maximum atomic E-state index is 13.1. The lowest BCUT2D eigenvalue weighted by molar-refractivity contribution is -0.118. The van der Waals surface area contributed by atoms with Crippen molar-refractivity contribution in [2.24, 2.45) is 0 Å². The molecule has 1 unspecified atom stereocenters. The molecular weight excluding hydrogens is 449 g/mol. The highest BCUT2D eigenvalue weighted by atomic mass is 35.5. The molecule has 0 aliphatic carbocycles. The second-order valence-corrected chi connectivity index (χ2v) is 7.98. The summed E-state index contributed by atoms with van der Waals surface area (Å²) in [4.78, 5) is 25.7. The molecule has 3 amide bonds. The number of hydrogen-bond acceptors (Lipinski definition) is 4. The minimum Gasteiger partial charge on any atom is -0.324 e. The van der Waals surface area contributed by atoms with Gasteiger partial charge < -0.3 is 21.4 Å². The second-order valence-electron chi connectivity index (χ2n) is 7.13. The monoisotopic (exact) mass is 471 g/mol. The van der Waals surface area contributed by atoms with E-state index in [4.69, 9.17) is 23.2 Å². The molecule has 1 atom stereocenters. The lowest BCUT2D eigenvalue weighted by Crippen LogP contribution is -2.39. The van der Waals surface area contributed by atoms with Crippen molar-refractivity contribution in [2.45, 2.75) is 6.04 Å². The highest BCUT2D eigenvalue weighted by molar-refractivity contribution is 6.31. The molecule has 0 saturated carbocycles. The molecule has 3 rings (SSSR count). The van der Waals surface area contributed by atoms with E-state index in [1.807, 2.05) is 31.2 Å². The Morgan fingerprint density at radius 1 is 0.781 bits per heavy atom. The first-order valence-electron chi connectivity index (χ1n) is 9.74. The number of carbonyl (C=O) groups excluding carboxylic acids is 2. The van der Waals surface area contributed by atoms with Gasteiger partial charge in [-0.15, -0.1) is 0 Å². The molecule has 0 spiro atoms. The molecule has 9 heteroatoms. The van der Waals surface area contributed by atoms with Gasteiger partial charge in [-0.25, -0.2) is 9.80 Å². The van der Waals surface area contributed by atoms with Gasteiger partial charge in [0.2, 0.25) is 0 Å². The zero-order chi connectivity index (χ0) is 23.1. The van der Waals surface area contributed by atoms with Crippen LogP contribution in [0.3, 0.4) is 0 Å². The average molecular weight is 472 g/mol. The van der Waals surface area contributed by atoms with Crippen molar-refractivity contribution >= 4 is 52.2 Å². The van der Waals surface area contributed by atoms with Gasteiger partial charge in [-0.05, 0) is 54.6 Å². The van der Waals surface area contributed by atoms with Crippen LogP contribution in [0.5, 0.6) is 0 Å². The molecule has 7 nitrogen and oxygen atoms in total. The number of benzene rings is 3. The molecule has 0 heterocycles. The van der Waals surface area contributed by atoms with Crippen molar-refractivity contribution in [3.05, 3.63) is 88.4 Å². The summed E-state index contributed by atoms with van der Waals surface area (Å²) in [5, 5.41) is 10.9. The van der Waals surface area contributed by atoms with Crippen LogP contribution < -0.4 is 21.4 Å². The Morgan fingerprint density at radius 2 is 1.34 bits per heavy atom. The van der Waals surface area contributed by atoms with E-state index in [1.54, 1.807) is 60.7 Å². The van der Waals surface area contributed by atoms with Crippen LogP contribution in [0.15, 0.2) is 72.8 Å². The van der Waals surface area contributed by atoms with Crippen molar-refractivity contribution in [2.75, 3.05) is 30.2 Å². The number of urea groups is 1. The van der Waals surface area contributed by atoms with Crippen LogP contribution in [0.2, 0.25) is 10.0 Å². The Balaban J connectivity index is 1.76. The van der Waals surface area contributed by atoms with Crippen LogP contribution >= 0.6 is 23.2 Å². The first-order valence-corrected chi connectivity index (χ1v) is 10.5. The Labute approximate surface area is 196 Å². The number of hydrogen-bond donors (Lipinski definition) is 4. The predicted octanol–water partition coefficient (Wildman–Crippen LogP) is 5.38. The quantitative estimate of drug-likeness (QED) is 0.348. The van der Waals surface area contributed by atoms with E-state index in [0.29, 0.717) is 27.0 Å². The molecule has 3 aromatic carbocycles. The predicted molar refractivity (Wildman–Crippen MR) is 130 cm³/mol. The molecule has 0 fully saturated rings. The van der Waals surface area contributed by atoms with E-state index in [-0.39, 0.29) is 0 Å². The van der Waals surface area contributed by atoms with Crippen LogP contribution in [0.4, 0.5) is 21.9 Å². The number of nitrogens with zero attached hydrogens (tertiary/aromatic N) is 1. The largest absolute Gasteiger partial charge is 0.324 e. The van der Waals surface area contributed by atoms with Crippen LogP contribution in [-0.4, -0.2) is 31.0 Å². The van der Waals surface area contributed by atoms with Crippen molar-refractivity contribution in [1.29, 1.82) is 0 Å². The number of amides is 3. The summed E-state index contributed by atoms with van der Waals surface area (Å²) >= 11 is 12.2. The fraction of sp³-hybridized carbons (Fsp3) is 0.130. The van der Waals surface area contributed by atoms with E-state index >= 15 is 0 Å². The first-order chi connectivity index (χ1) is 15.3. The Morgan fingerprint density at radius 3 is 1.97 bits per heavy atom. The third-order valence-corrected chi connectivity index (χ3v) is 4.96. The van der Waals surface area contributed by atoms with Gasteiger partial charge in [0.05, 0.1) is 0 Å². The molecule has 0 saturated heterocycles. The highest BCUT2D eigenvalue weighted by Gasteiger charge is 2.25. The van der Waals surface area contributed by atoms with Gasteiger partial charge in [0.1, 0.15) is 6.04 Å². The van der Waals surface area contributed by atoms with Crippen LogP contribution in [0.1, 0.15) is 11.6 Å². The maximum absolute atomic E-state index is 13.1. The molecule has 0 aliphatic heterocycles. The lowest BCUT2D eigenvalue weighted by Gasteiger charge is -2.20. The molecule has 3 aromatic rings. The molecular formula is C23H23Cl2N5O2. The number of carbonyl (C=O) groups is 2. The average Bonchev–Trinajstić information content (AvgIpc) is 2.75. The van der Waals surface area contributed by atoms with E-state index in [0.717, 1.165) is 5.69 Å². The van der Waals surface area contributed by atoms with Gasteiger partial charge in [0.15, 0.2) is 0 Å². The van der Waals surface area contributed by atoms with E-state index < -0.39 is 18.0 Å². The van der Waals surface area contributed by atoms with Gasteiger partial charge in [0.25, 0.3) is 5.91 Å². The fourth-order valence-corrected chi connectivity index (χ4v) is 3.30. The van der Waals surface area contributed by atoms with E-state index in [1.165, 1.54) is 0 Å². The maximum Gasteiger partial charge on any atom is 0.320 e. The second kappa shape index (κ2) is 10.9. The van der Waals surface area contributed by atoms with Gasteiger partial charge in [-0.3, -0.25) is 4.79 Å². The number of rotatable bonds is 7. The number of halogens is 2. The molecule has 32 heavy (non-hydrogen) atoms. The van der Waals surface area contributed by atoms with E-state index in [2.05, 4.69) is 21.4 Å². The summed E-state index contributed by atoms with van der Waals surface area (Å²) in [6.45, 7) is 0.